The second-order valence-corrected chi connectivity index (χ2v) is 6.42. The Morgan fingerprint density at radius 1 is 1.23 bits per heavy atom. The van der Waals surface area contributed by atoms with Crippen LogP contribution in [0.15, 0.2) is 18.3 Å². The lowest BCUT2D eigenvalue weighted by Crippen LogP contribution is -2.28. The van der Waals surface area contributed by atoms with Crippen molar-refractivity contribution in [1.82, 2.24) is 10.3 Å². The zero-order chi connectivity index (χ0) is 14.7. The van der Waals surface area contributed by atoms with Gasteiger partial charge in [-0.1, -0.05) is 19.3 Å². The molecule has 0 aromatic carbocycles. The van der Waals surface area contributed by atoms with Gasteiger partial charge in [-0.05, 0) is 56.3 Å². The van der Waals surface area contributed by atoms with Gasteiger partial charge in [0.15, 0.2) is 0 Å². The fourth-order valence-corrected chi connectivity index (χ4v) is 4.17. The minimum absolute atomic E-state index is 0. The second-order valence-electron chi connectivity index (χ2n) is 6.42. The van der Waals surface area contributed by atoms with Gasteiger partial charge in [0.05, 0.1) is 11.3 Å². The lowest BCUT2D eigenvalue weighted by atomic mass is 9.71. The van der Waals surface area contributed by atoms with Crippen LogP contribution in [0, 0.1) is 11.8 Å². The zero-order valence-electron chi connectivity index (χ0n) is 12.8. The highest BCUT2D eigenvalue weighted by Crippen LogP contribution is 2.42. The summed E-state index contributed by atoms with van der Waals surface area (Å²) in [5, 5.41) is 12.9. The van der Waals surface area contributed by atoms with Crippen LogP contribution in [-0.4, -0.2) is 29.1 Å². The number of carbonyl (C=O) groups is 1. The lowest BCUT2D eigenvalue weighted by molar-refractivity contribution is 0.0692. The van der Waals surface area contributed by atoms with E-state index < -0.39 is 5.97 Å². The molecule has 0 spiro atoms. The molecular formula is C17H25ClN2O2. The molecule has 2 N–H and O–H groups in total. The highest BCUT2D eigenvalue weighted by Gasteiger charge is 2.36. The van der Waals surface area contributed by atoms with E-state index in [9.17, 15) is 9.90 Å². The Morgan fingerprint density at radius 3 is 2.64 bits per heavy atom. The standard InChI is InChI=1S/C17H24N2O2.ClH/c20-17(21)14-7-4-9-19-16(14)15(13-8-10-18-11-13)12-5-2-1-3-6-12;/h4,7,9,12-13,15,18H,1-3,5-6,8,10-11H2,(H,20,21);1H. The number of rotatable bonds is 4. The lowest BCUT2D eigenvalue weighted by Gasteiger charge is -2.34. The van der Waals surface area contributed by atoms with Gasteiger partial charge in [-0.2, -0.15) is 0 Å². The maximum atomic E-state index is 11.6. The van der Waals surface area contributed by atoms with Crippen LogP contribution in [0.1, 0.15) is 60.5 Å². The van der Waals surface area contributed by atoms with Gasteiger partial charge in [0, 0.05) is 12.1 Å². The van der Waals surface area contributed by atoms with E-state index in [1.165, 1.54) is 32.1 Å². The number of carboxylic acid groups (broad SMARTS) is 1. The summed E-state index contributed by atoms with van der Waals surface area (Å²) in [4.78, 5) is 16.1. The molecule has 3 rings (SSSR count). The normalized spacial score (nSPS) is 23.7. The van der Waals surface area contributed by atoms with Crippen molar-refractivity contribution >= 4 is 18.4 Å². The van der Waals surface area contributed by atoms with E-state index in [4.69, 9.17) is 0 Å². The third kappa shape index (κ3) is 3.61. The van der Waals surface area contributed by atoms with E-state index in [1.54, 1.807) is 18.3 Å². The number of hydrogen-bond acceptors (Lipinski definition) is 3. The van der Waals surface area contributed by atoms with E-state index in [0.717, 1.165) is 25.2 Å². The molecular weight excluding hydrogens is 300 g/mol. The zero-order valence-corrected chi connectivity index (χ0v) is 13.6. The number of aromatic carboxylic acids is 1. The molecule has 0 radical (unpaired) electrons. The molecule has 122 valence electrons. The molecule has 0 amide bonds. The second kappa shape index (κ2) is 7.93. The van der Waals surface area contributed by atoms with Gasteiger partial charge < -0.3 is 10.4 Å². The van der Waals surface area contributed by atoms with Gasteiger partial charge in [0.1, 0.15) is 0 Å². The van der Waals surface area contributed by atoms with Gasteiger partial charge >= 0.3 is 5.97 Å². The van der Waals surface area contributed by atoms with Crippen molar-refractivity contribution in [2.45, 2.75) is 44.4 Å². The Kier molecular flexibility index (Phi) is 6.21. The highest BCUT2D eigenvalue weighted by molar-refractivity contribution is 5.89. The van der Waals surface area contributed by atoms with Gasteiger partial charge in [-0.3, -0.25) is 4.98 Å². The number of aromatic nitrogens is 1. The number of halogens is 1. The highest BCUT2D eigenvalue weighted by atomic mass is 35.5. The van der Waals surface area contributed by atoms with Crippen molar-refractivity contribution in [3.8, 4) is 0 Å². The van der Waals surface area contributed by atoms with E-state index in [0.29, 0.717) is 23.3 Å². The van der Waals surface area contributed by atoms with Crippen molar-refractivity contribution in [1.29, 1.82) is 0 Å². The molecule has 1 saturated heterocycles. The summed E-state index contributed by atoms with van der Waals surface area (Å²) in [6, 6.07) is 3.45. The number of hydrogen-bond donors (Lipinski definition) is 2. The Bertz CT molecular complexity index is 497. The van der Waals surface area contributed by atoms with E-state index in [-0.39, 0.29) is 12.4 Å². The molecule has 2 atom stereocenters. The summed E-state index contributed by atoms with van der Waals surface area (Å²) < 4.78 is 0. The summed E-state index contributed by atoms with van der Waals surface area (Å²) in [6.07, 6.45) is 9.19. The number of pyridine rings is 1. The maximum Gasteiger partial charge on any atom is 0.337 e. The summed E-state index contributed by atoms with van der Waals surface area (Å²) in [7, 11) is 0. The van der Waals surface area contributed by atoms with Gasteiger partial charge in [0.2, 0.25) is 0 Å². The summed E-state index contributed by atoms with van der Waals surface area (Å²) in [5.41, 5.74) is 1.23. The van der Waals surface area contributed by atoms with Crippen LogP contribution in [0.25, 0.3) is 0 Å². The molecule has 2 fully saturated rings. The van der Waals surface area contributed by atoms with Crippen molar-refractivity contribution in [2.75, 3.05) is 13.1 Å². The van der Waals surface area contributed by atoms with E-state index in [1.807, 2.05) is 0 Å². The Balaban J connectivity index is 0.00000176. The summed E-state index contributed by atoms with van der Waals surface area (Å²) in [6.45, 7) is 2.04. The van der Waals surface area contributed by atoms with Crippen molar-refractivity contribution in [2.24, 2.45) is 11.8 Å². The molecule has 0 bridgehead atoms. The molecule has 5 heteroatoms. The first-order valence-corrected chi connectivity index (χ1v) is 8.16. The molecule has 4 nitrogen and oxygen atoms in total. The third-order valence-corrected chi connectivity index (χ3v) is 5.15. The first kappa shape index (κ1) is 17.2. The van der Waals surface area contributed by atoms with Crippen LogP contribution >= 0.6 is 12.4 Å². The van der Waals surface area contributed by atoms with Crippen LogP contribution in [0.3, 0.4) is 0 Å². The van der Waals surface area contributed by atoms with E-state index in [2.05, 4.69) is 10.3 Å². The van der Waals surface area contributed by atoms with Gasteiger partial charge in [0.25, 0.3) is 0 Å². The predicted octanol–water partition coefficient (Wildman–Crippen LogP) is 3.48. The molecule has 1 aromatic rings. The van der Waals surface area contributed by atoms with Gasteiger partial charge in [-0.25, -0.2) is 4.79 Å². The van der Waals surface area contributed by atoms with E-state index >= 15 is 0 Å². The first-order chi connectivity index (χ1) is 10.3. The largest absolute Gasteiger partial charge is 0.478 e. The number of nitrogens with one attached hydrogen (secondary N) is 1. The van der Waals surface area contributed by atoms with Crippen LogP contribution in [0.2, 0.25) is 0 Å². The van der Waals surface area contributed by atoms with Crippen LogP contribution in [0.5, 0.6) is 0 Å². The molecule has 1 aliphatic heterocycles. The Hall–Kier alpha value is -1.13. The Labute approximate surface area is 138 Å². The average Bonchev–Trinajstić information content (AvgIpc) is 3.03. The molecule has 22 heavy (non-hydrogen) atoms. The molecule has 2 heterocycles. The SMILES string of the molecule is Cl.O=C(O)c1cccnc1C(C1CCCCC1)C1CCNC1. The van der Waals surface area contributed by atoms with Crippen molar-refractivity contribution < 1.29 is 9.90 Å². The number of carboxylic acids is 1. The van der Waals surface area contributed by atoms with Crippen LogP contribution < -0.4 is 5.32 Å². The quantitative estimate of drug-likeness (QED) is 0.890. The van der Waals surface area contributed by atoms with Crippen LogP contribution in [0.4, 0.5) is 0 Å². The summed E-state index contributed by atoms with van der Waals surface area (Å²) in [5.74, 6) is 0.579. The monoisotopic (exact) mass is 324 g/mol. The van der Waals surface area contributed by atoms with Crippen LogP contribution in [-0.2, 0) is 0 Å². The minimum atomic E-state index is -0.843. The molecule has 1 saturated carbocycles. The molecule has 2 unspecified atom stereocenters. The average molecular weight is 325 g/mol. The topological polar surface area (TPSA) is 62.2 Å². The molecule has 2 aliphatic rings. The van der Waals surface area contributed by atoms with Gasteiger partial charge in [-0.15, -0.1) is 12.4 Å². The minimum Gasteiger partial charge on any atom is -0.478 e. The first-order valence-electron chi connectivity index (χ1n) is 8.16. The fraction of sp³-hybridized carbons (Fsp3) is 0.647. The Morgan fingerprint density at radius 2 is 2.00 bits per heavy atom. The fourth-order valence-electron chi connectivity index (χ4n) is 4.17. The van der Waals surface area contributed by atoms with Crippen molar-refractivity contribution in [3.63, 3.8) is 0 Å². The number of nitrogens with zero attached hydrogens (tertiary/aromatic N) is 1. The predicted molar refractivity (Wildman–Crippen MR) is 88.7 cm³/mol. The molecule has 1 aromatic heterocycles. The third-order valence-electron chi connectivity index (χ3n) is 5.15. The molecule has 1 aliphatic carbocycles. The summed E-state index contributed by atoms with van der Waals surface area (Å²) >= 11 is 0. The smallest absolute Gasteiger partial charge is 0.337 e. The maximum absolute atomic E-state index is 11.6. The van der Waals surface area contributed by atoms with Crippen molar-refractivity contribution in [3.05, 3.63) is 29.6 Å².